The number of hydrogen-bond donors (Lipinski definition) is 3. The van der Waals surface area contributed by atoms with Crippen molar-refractivity contribution in [3.63, 3.8) is 0 Å². The predicted molar refractivity (Wildman–Crippen MR) is 86.6 cm³/mol. The van der Waals surface area contributed by atoms with E-state index in [-0.39, 0.29) is 29.6 Å². The second-order valence-corrected chi connectivity index (χ2v) is 5.90. The highest BCUT2D eigenvalue weighted by atomic mass is 16.5. The van der Waals surface area contributed by atoms with Crippen molar-refractivity contribution in [2.24, 2.45) is 5.92 Å². The van der Waals surface area contributed by atoms with Gasteiger partial charge in [0.1, 0.15) is 0 Å². The third-order valence-corrected chi connectivity index (χ3v) is 4.23. The van der Waals surface area contributed by atoms with Crippen LogP contribution >= 0.6 is 0 Å². The summed E-state index contributed by atoms with van der Waals surface area (Å²) in [5.41, 5.74) is 0.190. The lowest BCUT2D eigenvalue weighted by molar-refractivity contribution is -0.128. The maximum Gasteiger partial charge on any atom is 0.337 e. The summed E-state index contributed by atoms with van der Waals surface area (Å²) in [5.74, 6) is -0.896. The number of nitrogens with zero attached hydrogens (tertiary/aromatic N) is 1. The Labute approximate surface area is 136 Å². The van der Waals surface area contributed by atoms with Gasteiger partial charge in [0, 0.05) is 5.56 Å². The normalized spacial score (nSPS) is 13.5. The summed E-state index contributed by atoms with van der Waals surface area (Å²) in [7, 11) is 3.18. The molecule has 0 saturated carbocycles. The van der Waals surface area contributed by atoms with Crippen LogP contribution in [0.15, 0.2) is 6.07 Å². The Morgan fingerprint density at radius 1 is 1.43 bits per heavy atom. The van der Waals surface area contributed by atoms with Crippen molar-refractivity contribution in [1.82, 2.24) is 15.6 Å². The van der Waals surface area contributed by atoms with Crippen LogP contribution in [0.25, 0.3) is 0 Å². The smallest absolute Gasteiger partial charge is 0.337 e. The van der Waals surface area contributed by atoms with Crippen LogP contribution in [0.3, 0.4) is 0 Å². The van der Waals surface area contributed by atoms with E-state index in [1.807, 2.05) is 13.8 Å². The third kappa shape index (κ3) is 3.98. The van der Waals surface area contributed by atoms with Gasteiger partial charge in [-0.1, -0.05) is 13.8 Å². The van der Waals surface area contributed by atoms with Gasteiger partial charge in [-0.3, -0.25) is 4.79 Å². The van der Waals surface area contributed by atoms with Crippen molar-refractivity contribution in [2.45, 2.75) is 39.8 Å². The maximum absolute atomic E-state index is 12.4. The summed E-state index contributed by atoms with van der Waals surface area (Å²) < 4.78 is 5.12. The Kier molecular flexibility index (Phi) is 6.09. The molecule has 7 heteroatoms. The predicted octanol–water partition coefficient (Wildman–Crippen LogP) is 1.35. The number of aryl methyl sites for hydroxylation is 1. The van der Waals surface area contributed by atoms with Crippen molar-refractivity contribution >= 4 is 11.9 Å². The molecule has 1 aromatic heterocycles. The summed E-state index contributed by atoms with van der Waals surface area (Å²) >= 11 is 0. The average Bonchev–Trinajstić information content (AvgIpc) is 2.51. The zero-order chi connectivity index (χ0) is 17.8. The van der Waals surface area contributed by atoms with E-state index >= 15 is 0 Å². The largest absolute Gasteiger partial charge is 0.481 e. The maximum atomic E-state index is 12.4. The van der Waals surface area contributed by atoms with E-state index in [4.69, 9.17) is 4.74 Å². The number of pyridine rings is 1. The number of amides is 1. The quantitative estimate of drug-likeness (QED) is 0.700. The minimum Gasteiger partial charge on any atom is -0.481 e. The molecule has 0 aliphatic rings. The van der Waals surface area contributed by atoms with Crippen LogP contribution in [0.4, 0.5) is 0 Å². The lowest BCUT2D eigenvalue weighted by atomic mass is 9.87. The van der Waals surface area contributed by atoms with Gasteiger partial charge in [-0.25, -0.2) is 9.78 Å². The molecule has 0 spiro atoms. The number of aromatic nitrogens is 1. The van der Waals surface area contributed by atoms with Gasteiger partial charge in [0.2, 0.25) is 11.8 Å². The highest BCUT2D eigenvalue weighted by Gasteiger charge is 2.34. The van der Waals surface area contributed by atoms with Gasteiger partial charge in [-0.2, -0.15) is 0 Å². The summed E-state index contributed by atoms with van der Waals surface area (Å²) in [4.78, 5) is 28.0. The number of ether oxygens (including phenoxy) is 1. The second-order valence-electron chi connectivity index (χ2n) is 5.90. The summed E-state index contributed by atoms with van der Waals surface area (Å²) in [6.07, 6.45) is 0. The van der Waals surface area contributed by atoms with Gasteiger partial charge in [-0.05, 0) is 32.9 Å². The highest BCUT2D eigenvalue weighted by molar-refractivity contribution is 5.90. The topological polar surface area (TPSA) is 101 Å². The fourth-order valence-corrected chi connectivity index (χ4v) is 2.17. The molecular weight excluding hydrogens is 298 g/mol. The van der Waals surface area contributed by atoms with Crippen LogP contribution in [0.5, 0.6) is 5.88 Å². The molecule has 3 N–H and O–H groups in total. The Hall–Kier alpha value is -2.15. The molecule has 0 aliphatic heterocycles. The first-order chi connectivity index (χ1) is 10.7. The molecule has 7 nitrogen and oxygen atoms in total. The van der Waals surface area contributed by atoms with Crippen molar-refractivity contribution in [3.8, 4) is 5.88 Å². The molecule has 0 saturated heterocycles. The molecule has 1 rings (SSSR count). The lowest BCUT2D eigenvalue weighted by Gasteiger charge is -2.31. The summed E-state index contributed by atoms with van der Waals surface area (Å²) in [6.45, 7) is 7.41. The Morgan fingerprint density at radius 3 is 2.48 bits per heavy atom. The molecule has 0 aliphatic carbocycles. The van der Waals surface area contributed by atoms with Gasteiger partial charge >= 0.3 is 5.97 Å². The molecule has 128 valence electrons. The molecule has 1 atom stereocenters. The molecule has 1 unspecified atom stereocenters. The zero-order valence-corrected chi connectivity index (χ0v) is 14.5. The van der Waals surface area contributed by atoms with E-state index in [1.54, 1.807) is 20.9 Å². The third-order valence-electron chi connectivity index (χ3n) is 4.23. The number of likely N-dealkylation sites (N-methyl/N-ethyl adjacent to an activating group) is 1. The number of methoxy groups -OCH3 is 1. The number of nitrogens with one attached hydrogen (secondary N) is 2. The van der Waals surface area contributed by atoms with Crippen LogP contribution in [0.1, 0.15) is 42.4 Å². The van der Waals surface area contributed by atoms with Crippen LogP contribution in [-0.2, 0) is 11.3 Å². The van der Waals surface area contributed by atoms with Crippen molar-refractivity contribution in [3.05, 3.63) is 22.9 Å². The van der Waals surface area contributed by atoms with Crippen molar-refractivity contribution in [2.75, 3.05) is 14.2 Å². The first-order valence-electron chi connectivity index (χ1n) is 7.42. The molecule has 1 aromatic rings. The Morgan fingerprint density at radius 2 is 2.04 bits per heavy atom. The van der Waals surface area contributed by atoms with Crippen LogP contribution in [0.2, 0.25) is 0 Å². The minimum absolute atomic E-state index is 0.0150. The zero-order valence-electron chi connectivity index (χ0n) is 14.5. The monoisotopic (exact) mass is 323 g/mol. The first kappa shape index (κ1) is 18.9. The summed E-state index contributed by atoms with van der Waals surface area (Å²) in [6, 6.07) is 1.50. The summed E-state index contributed by atoms with van der Waals surface area (Å²) in [5, 5.41) is 15.1. The van der Waals surface area contributed by atoms with Gasteiger partial charge in [0.05, 0.1) is 30.5 Å². The standard InChI is InChI=1S/C16H25N3O4/c1-9(2)16(4,17-5)15(22)18-8-12-11(14(20)21)7-10(3)13(19-12)23-6/h7,9,17H,8H2,1-6H3,(H,18,22)(H,20,21). The number of carboxylic acid groups (broad SMARTS) is 1. The first-order valence-corrected chi connectivity index (χ1v) is 7.42. The van der Waals surface area contributed by atoms with Crippen molar-refractivity contribution in [1.29, 1.82) is 0 Å². The number of carbonyl (C=O) groups excluding carboxylic acids is 1. The highest BCUT2D eigenvalue weighted by Crippen LogP contribution is 2.20. The van der Waals surface area contributed by atoms with E-state index in [0.29, 0.717) is 11.4 Å². The molecule has 23 heavy (non-hydrogen) atoms. The van der Waals surface area contributed by atoms with Gasteiger partial charge < -0.3 is 20.5 Å². The van der Waals surface area contributed by atoms with Gasteiger partial charge in [0.15, 0.2) is 0 Å². The SMILES string of the molecule is CNC(C)(C(=O)NCc1nc(OC)c(C)cc1C(=O)O)C(C)C. The fourth-order valence-electron chi connectivity index (χ4n) is 2.17. The number of carbonyl (C=O) groups is 2. The fraction of sp³-hybridized carbons (Fsp3) is 0.562. The molecular formula is C16H25N3O4. The molecule has 0 bridgehead atoms. The molecule has 0 aromatic carbocycles. The lowest BCUT2D eigenvalue weighted by Crippen LogP contribution is -2.56. The average molecular weight is 323 g/mol. The molecule has 0 radical (unpaired) electrons. The second kappa shape index (κ2) is 7.41. The molecule has 1 amide bonds. The van der Waals surface area contributed by atoms with Gasteiger partial charge in [-0.15, -0.1) is 0 Å². The molecule has 0 fully saturated rings. The van der Waals surface area contributed by atoms with E-state index in [2.05, 4.69) is 15.6 Å². The Bertz CT molecular complexity index is 601. The minimum atomic E-state index is -1.09. The number of hydrogen-bond acceptors (Lipinski definition) is 5. The van der Waals surface area contributed by atoms with Crippen LogP contribution < -0.4 is 15.4 Å². The van der Waals surface area contributed by atoms with Gasteiger partial charge in [0.25, 0.3) is 0 Å². The van der Waals surface area contributed by atoms with Crippen LogP contribution in [-0.4, -0.2) is 41.7 Å². The van der Waals surface area contributed by atoms with E-state index in [9.17, 15) is 14.7 Å². The molecule has 1 heterocycles. The van der Waals surface area contributed by atoms with Crippen LogP contribution in [0, 0.1) is 12.8 Å². The van der Waals surface area contributed by atoms with E-state index < -0.39 is 11.5 Å². The van der Waals surface area contributed by atoms with Crippen molar-refractivity contribution < 1.29 is 19.4 Å². The number of rotatable bonds is 7. The van der Waals surface area contributed by atoms with E-state index in [0.717, 1.165) is 0 Å². The number of aromatic carboxylic acids is 1. The number of carboxylic acids is 1. The Balaban J connectivity index is 3.05. The van der Waals surface area contributed by atoms with E-state index in [1.165, 1.54) is 13.2 Å².